The largest absolute Gasteiger partial charge is 0.497 e. The molecule has 3 rings (SSSR count). The molecular formula is C18H18N6O3. The Labute approximate surface area is 155 Å². The van der Waals surface area contributed by atoms with Crippen LogP contribution in [0.15, 0.2) is 48.5 Å². The number of methoxy groups -OCH3 is 1. The second-order valence-electron chi connectivity index (χ2n) is 5.68. The molecule has 0 aliphatic carbocycles. The Balaban J connectivity index is 1.61. The topological polar surface area (TPSA) is 111 Å². The molecule has 0 aliphatic heterocycles. The van der Waals surface area contributed by atoms with Gasteiger partial charge < -0.3 is 15.4 Å². The van der Waals surface area contributed by atoms with E-state index in [1.165, 1.54) is 11.7 Å². The third-order valence-electron chi connectivity index (χ3n) is 3.55. The molecule has 9 heteroatoms. The summed E-state index contributed by atoms with van der Waals surface area (Å²) in [5.74, 6) is 0.637. The van der Waals surface area contributed by atoms with Crippen molar-refractivity contribution in [3.8, 4) is 17.1 Å². The van der Waals surface area contributed by atoms with Crippen LogP contribution < -0.4 is 15.4 Å². The maximum Gasteiger partial charge on any atom is 0.248 e. The number of aromatic nitrogens is 4. The highest BCUT2D eigenvalue weighted by atomic mass is 16.5. The van der Waals surface area contributed by atoms with E-state index in [9.17, 15) is 9.59 Å². The predicted octanol–water partition coefficient (Wildman–Crippen LogP) is 1.95. The number of ether oxygens (including phenoxy) is 1. The molecule has 27 heavy (non-hydrogen) atoms. The Morgan fingerprint density at radius 2 is 1.78 bits per heavy atom. The number of benzene rings is 2. The van der Waals surface area contributed by atoms with Gasteiger partial charge in [-0.05, 0) is 41.6 Å². The van der Waals surface area contributed by atoms with E-state index in [1.54, 1.807) is 37.4 Å². The number of amides is 2. The van der Waals surface area contributed by atoms with E-state index in [4.69, 9.17) is 4.74 Å². The van der Waals surface area contributed by atoms with E-state index >= 15 is 0 Å². The lowest BCUT2D eigenvalue weighted by Gasteiger charge is -2.06. The smallest absolute Gasteiger partial charge is 0.248 e. The molecule has 1 aromatic heterocycles. The lowest BCUT2D eigenvalue weighted by molar-refractivity contribution is -0.117. The highest BCUT2D eigenvalue weighted by molar-refractivity contribution is 5.92. The van der Waals surface area contributed by atoms with E-state index in [-0.39, 0.29) is 18.4 Å². The average molecular weight is 366 g/mol. The molecule has 0 unspecified atom stereocenters. The average Bonchev–Trinajstić information content (AvgIpc) is 3.11. The summed E-state index contributed by atoms with van der Waals surface area (Å²) < 4.78 is 5.17. The lowest BCUT2D eigenvalue weighted by Crippen LogP contribution is -2.20. The Bertz CT molecular complexity index is 952. The van der Waals surface area contributed by atoms with Crippen molar-refractivity contribution in [3.63, 3.8) is 0 Å². The van der Waals surface area contributed by atoms with Crippen molar-refractivity contribution in [2.45, 2.75) is 13.5 Å². The van der Waals surface area contributed by atoms with Gasteiger partial charge in [0.2, 0.25) is 17.6 Å². The third kappa shape index (κ3) is 4.88. The van der Waals surface area contributed by atoms with Gasteiger partial charge in [0.25, 0.3) is 0 Å². The van der Waals surface area contributed by atoms with E-state index in [2.05, 4.69) is 26.0 Å². The zero-order chi connectivity index (χ0) is 19.2. The normalized spacial score (nSPS) is 10.3. The van der Waals surface area contributed by atoms with Gasteiger partial charge in [0, 0.05) is 23.9 Å². The van der Waals surface area contributed by atoms with E-state index in [1.807, 2.05) is 18.2 Å². The standard InChI is InChI=1S/C18H18N6O3/c1-12(25)19-14-6-8-15(9-7-14)20-17(26)11-24-22-18(21-23-24)13-4-3-5-16(10-13)27-2/h3-10H,11H2,1-2H3,(H,19,25)(H,20,26). The van der Waals surface area contributed by atoms with Crippen molar-refractivity contribution in [1.29, 1.82) is 0 Å². The number of rotatable bonds is 6. The summed E-state index contributed by atoms with van der Waals surface area (Å²) in [5, 5.41) is 17.5. The summed E-state index contributed by atoms with van der Waals surface area (Å²) in [7, 11) is 1.58. The molecular weight excluding hydrogens is 348 g/mol. The second-order valence-corrected chi connectivity index (χ2v) is 5.68. The van der Waals surface area contributed by atoms with Crippen molar-refractivity contribution < 1.29 is 14.3 Å². The first-order chi connectivity index (χ1) is 13.0. The number of nitrogens with one attached hydrogen (secondary N) is 2. The summed E-state index contributed by atoms with van der Waals surface area (Å²) in [5.41, 5.74) is 2.00. The number of nitrogens with zero attached hydrogens (tertiary/aromatic N) is 4. The summed E-state index contributed by atoms with van der Waals surface area (Å²) in [6.07, 6.45) is 0. The molecule has 0 saturated carbocycles. The fraction of sp³-hybridized carbons (Fsp3) is 0.167. The maximum atomic E-state index is 12.2. The molecule has 0 atom stereocenters. The minimum atomic E-state index is -0.295. The third-order valence-corrected chi connectivity index (χ3v) is 3.55. The van der Waals surface area contributed by atoms with Crippen LogP contribution in [0, 0.1) is 0 Å². The van der Waals surface area contributed by atoms with E-state index in [0.29, 0.717) is 22.9 Å². The van der Waals surface area contributed by atoms with Gasteiger partial charge in [-0.25, -0.2) is 0 Å². The Morgan fingerprint density at radius 3 is 2.44 bits per heavy atom. The number of hydrogen-bond acceptors (Lipinski definition) is 6. The molecule has 3 aromatic rings. The van der Waals surface area contributed by atoms with Crippen LogP contribution in [0.3, 0.4) is 0 Å². The van der Waals surface area contributed by atoms with Gasteiger partial charge in [0.1, 0.15) is 12.3 Å². The first-order valence-corrected chi connectivity index (χ1v) is 8.13. The van der Waals surface area contributed by atoms with Crippen LogP contribution >= 0.6 is 0 Å². The molecule has 0 saturated heterocycles. The van der Waals surface area contributed by atoms with Crippen LogP contribution in [0.5, 0.6) is 5.75 Å². The maximum absolute atomic E-state index is 12.2. The van der Waals surface area contributed by atoms with Crippen LogP contribution in [0.1, 0.15) is 6.92 Å². The van der Waals surface area contributed by atoms with Crippen molar-refractivity contribution >= 4 is 23.2 Å². The summed E-state index contributed by atoms with van der Waals surface area (Å²) in [4.78, 5) is 24.4. The number of hydrogen-bond donors (Lipinski definition) is 2. The summed E-state index contributed by atoms with van der Waals surface area (Å²) in [6.45, 7) is 1.35. The fourth-order valence-electron chi connectivity index (χ4n) is 2.36. The van der Waals surface area contributed by atoms with Crippen LogP contribution in [0.2, 0.25) is 0 Å². The number of tetrazole rings is 1. The molecule has 0 spiro atoms. The molecule has 2 aromatic carbocycles. The van der Waals surface area contributed by atoms with Crippen molar-refractivity contribution in [2.75, 3.05) is 17.7 Å². The van der Waals surface area contributed by atoms with E-state index in [0.717, 1.165) is 5.56 Å². The second kappa shape index (κ2) is 8.09. The number of carbonyl (C=O) groups excluding carboxylic acids is 2. The minimum Gasteiger partial charge on any atom is -0.497 e. The highest BCUT2D eigenvalue weighted by Gasteiger charge is 2.10. The number of anilines is 2. The molecule has 0 fully saturated rings. The summed E-state index contributed by atoms with van der Waals surface area (Å²) >= 11 is 0. The fourth-order valence-corrected chi connectivity index (χ4v) is 2.36. The molecule has 138 valence electrons. The van der Waals surface area contributed by atoms with Crippen molar-refractivity contribution in [2.24, 2.45) is 0 Å². The first kappa shape index (κ1) is 18.1. The minimum absolute atomic E-state index is 0.0790. The zero-order valence-electron chi connectivity index (χ0n) is 14.8. The monoisotopic (exact) mass is 366 g/mol. The molecule has 0 radical (unpaired) electrons. The molecule has 2 amide bonds. The zero-order valence-corrected chi connectivity index (χ0v) is 14.8. The Morgan fingerprint density at radius 1 is 1.07 bits per heavy atom. The van der Waals surface area contributed by atoms with Gasteiger partial charge in [0.05, 0.1) is 7.11 Å². The van der Waals surface area contributed by atoms with Gasteiger partial charge >= 0.3 is 0 Å². The predicted molar refractivity (Wildman–Crippen MR) is 99.2 cm³/mol. The molecule has 0 bridgehead atoms. The van der Waals surface area contributed by atoms with Crippen LogP contribution in [-0.4, -0.2) is 39.1 Å². The van der Waals surface area contributed by atoms with Crippen LogP contribution in [0.4, 0.5) is 11.4 Å². The first-order valence-electron chi connectivity index (χ1n) is 8.13. The highest BCUT2D eigenvalue weighted by Crippen LogP contribution is 2.19. The summed E-state index contributed by atoms with van der Waals surface area (Å²) in [6, 6.07) is 14.1. The number of carbonyl (C=O) groups is 2. The van der Waals surface area contributed by atoms with Crippen LogP contribution in [0.25, 0.3) is 11.4 Å². The molecule has 9 nitrogen and oxygen atoms in total. The van der Waals surface area contributed by atoms with Gasteiger partial charge in [-0.2, -0.15) is 4.80 Å². The molecule has 0 aliphatic rings. The quantitative estimate of drug-likeness (QED) is 0.690. The Hall–Kier alpha value is -3.75. The SMILES string of the molecule is COc1cccc(-c2nnn(CC(=O)Nc3ccc(NC(C)=O)cc3)n2)c1. The van der Waals surface area contributed by atoms with Gasteiger partial charge in [-0.1, -0.05) is 12.1 Å². The molecule has 1 heterocycles. The molecule has 2 N–H and O–H groups in total. The van der Waals surface area contributed by atoms with Gasteiger partial charge in [0.15, 0.2) is 0 Å². The van der Waals surface area contributed by atoms with Gasteiger partial charge in [-0.15, -0.1) is 10.2 Å². The van der Waals surface area contributed by atoms with E-state index < -0.39 is 0 Å². The lowest BCUT2D eigenvalue weighted by atomic mass is 10.2. The van der Waals surface area contributed by atoms with Crippen LogP contribution in [-0.2, 0) is 16.1 Å². The van der Waals surface area contributed by atoms with Crippen molar-refractivity contribution in [1.82, 2.24) is 20.2 Å². The van der Waals surface area contributed by atoms with Crippen molar-refractivity contribution in [3.05, 3.63) is 48.5 Å². The Kier molecular flexibility index (Phi) is 5.41. The van der Waals surface area contributed by atoms with Gasteiger partial charge in [-0.3, -0.25) is 9.59 Å².